The van der Waals surface area contributed by atoms with Gasteiger partial charge in [-0.15, -0.1) is 0 Å². The highest BCUT2D eigenvalue weighted by Crippen LogP contribution is 2.40. The maximum atomic E-state index is 13.0. The zero-order valence-electron chi connectivity index (χ0n) is 22.5. The Hall–Kier alpha value is -3.51. The molecule has 0 spiro atoms. The quantitative estimate of drug-likeness (QED) is 0.401. The molecule has 198 valence electrons. The molecule has 2 aliphatic carbocycles. The van der Waals surface area contributed by atoms with Crippen LogP contribution in [-0.2, 0) is 15.1 Å². The highest BCUT2D eigenvalue weighted by molar-refractivity contribution is 5.93. The van der Waals surface area contributed by atoms with Crippen LogP contribution in [-0.4, -0.2) is 34.8 Å². The SMILES string of the molecule is CC(=O)N(C)[C@H]1CC[C@H](CC(=O)Nc2cnc(-c3ccc(C4(N)CCC4)cc3)c(-c3ccccc3)c2)CC1. The van der Waals surface area contributed by atoms with Gasteiger partial charge in [0.15, 0.2) is 0 Å². The Morgan fingerprint density at radius 1 is 1.00 bits per heavy atom. The third kappa shape index (κ3) is 5.65. The second-order valence-corrected chi connectivity index (χ2v) is 11.1. The van der Waals surface area contributed by atoms with E-state index in [2.05, 4.69) is 41.7 Å². The number of nitrogens with one attached hydrogen (secondary N) is 1. The molecular formula is C32H38N4O2. The third-order valence-corrected chi connectivity index (χ3v) is 8.57. The Bertz CT molecular complexity index is 1280. The molecule has 38 heavy (non-hydrogen) atoms. The Balaban J connectivity index is 1.30. The molecule has 2 aliphatic rings. The van der Waals surface area contributed by atoms with E-state index in [0.717, 1.165) is 60.9 Å². The van der Waals surface area contributed by atoms with E-state index in [1.165, 1.54) is 12.0 Å². The van der Waals surface area contributed by atoms with Gasteiger partial charge in [0, 0.05) is 43.1 Å². The first-order valence-corrected chi connectivity index (χ1v) is 13.8. The first-order valence-electron chi connectivity index (χ1n) is 13.8. The maximum absolute atomic E-state index is 13.0. The lowest BCUT2D eigenvalue weighted by atomic mass is 9.72. The number of nitrogens with zero attached hydrogens (tertiary/aromatic N) is 2. The first-order chi connectivity index (χ1) is 18.3. The Morgan fingerprint density at radius 2 is 1.68 bits per heavy atom. The van der Waals surface area contributed by atoms with Crippen LogP contribution in [0.4, 0.5) is 5.69 Å². The van der Waals surface area contributed by atoms with Gasteiger partial charge >= 0.3 is 0 Å². The molecule has 0 aliphatic heterocycles. The second-order valence-electron chi connectivity index (χ2n) is 11.1. The van der Waals surface area contributed by atoms with Crippen LogP contribution in [0, 0.1) is 5.92 Å². The summed E-state index contributed by atoms with van der Waals surface area (Å²) < 4.78 is 0. The molecule has 0 saturated heterocycles. The first kappa shape index (κ1) is 26.1. The fourth-order valence-electron chi connectivity index (χ4n) is 5.87. The molecule has 1 heterocycles. The van der Waals surface area contributed by atoms with Crippen molar-refractivity contribution in [2.75, 3.05) is 12.4 Å². The van der Waals surface area contributed by atoms with Gasteiger partial charge in [-0.1, -0.05) is 54.6 Å². The largest absolute Gasteiger partial charge is 0.343 e. The molecule has 1 aromatic heterocycles. The molecule has 2 fully saturated rings. The van der Waals surface area contributed by atoms with Gasteiger partial charge in [0.05, 0.1) is 17.6 Å². The van der Waals surface area contributed by atoms with Crippen LogP contribution in [0.1, 0.15) is 63.9 Å². The minimum Gasteiger partial charge on any atom is -0.343 e. The number of carbonyl (C=O) groups is 2. The van der Waals surface area contributed by atoms with E-state index in [-0.39, 0.29) is 23.4 Å². The Kier molecular flexibility index (Phi) is 7.61. The van der Waals surface area contributed by atoms with Gasteiger partial charge in [-0.3, -0.25) is 14.6 Å². The smallest absolute Gasteiger partial charge is 0.224 e. The predicted molar refractivity (Wildman–Crippen MR) is 152 cm³/mol. The van der Waals surface area contributed by atoms with Crippen molar-refractivity contribution in [3.8, 4) is 22.4 Å². The zero-order chi connectivity index (χ0) is 26.7. The molecule has 2 amide bonds. The number of amides is 2. The number of benzene rings is 2. The molecule has 2 aromatic carbocycles. The molecule has 0 bridgehead atoms. The van der Waals surface area contributed by atoms with Crippen molar-refractivity contribution in [1.82, 2.24) is 9.88 Å². The van der Waals surface area contributed by atoms with Crippen LogP contribution < -0.4 is 11.1 Å². The molecule has 5 rings (SSSR count). The van der Waals surface area contributed by atoms with Crippen LogP contribution in [0.25, 0.3) is 22.4 Å². The summed E-state index contributed by atoms with van der Waals surface area (Å²) in [7, 11) is 1.87. The lowest BCUT2D eigenvalue weighted by molar-refractivity contribution is -0.130. The summed E-state index contributed by atoms with van der Waals surface area (Å²) in [6.07, 6.45) is 9.31. The summed E-state index contributed by atoms with van der Waals surface area (Å²) in [5, 5.41) is 3.09. The van der Waals surface area contributed by atoms with E-state index in [1.54, 1.807) is 13.1 Å². The Morgan fingerprint density at radius 3 is 2.29 bits per heavy atom. The molecule has 6 heteroatoms. The number of nitrogens with two attached hydrogens (primary N) is 1. The molecule has 3 N–H and O–H groups in total. The van der Waals surface area contributed by atoms with Gasteiger partial charge in [-0.25, -0.2) is 0 Å². The van der Waals surface area contributed by atoms with Gasteiger partial charge in [-0.2, -0.15) is 0 Å². The van der Waals surface area contributed by atoms with E-state index in [9.17, 15) is 9.59 Å². The minimum atomic E-state index is -0.190. The summed E-state index contributed by atoms with van der Waals surface area (Å²) in [4.78, 5) is 31.3. The molecule has 0 unspecified atom stereocenters. The summed E-state index contributed by atoms with van der Waals surface area (Å²) in [6.45, 7) is 1.61. The molecule has 0 radical (unpaired) electrons. The van der Waals surface area contributed by atoms with Gasteiger partial charge in [0.1, 0.15) is 0 Å². The minimum absolute atomic E-state index is 0.0139. The summed E-state index contributed by atoms with van der Waals surface area (Å²) in [5.41, 5.74) is 12.2. The van der Waals surface area contributed by atoms with Crippen molar-refractivity contribution in [3.63, 3.8) is 0 Å². The number of hydrogen-bond donors (Lipinski definition) is 2. The Labute approximate surface area is 225 Å². The summed E-state index contributed by atoms with van der Waals surface area (Å²) in [6, 6.07) is 21.0. The van der Waals surface area contributed by atoms with Crippen LogP contribution >= 0.6 is 0 Å². The van der Waals surface area contributed by atoms with Crippen molar-refractivity contribution in [2.45, 2.75) is 69.9 Å². The van der Waals surface area contributed by atoms with Crippen LogP contribution in [0.3, 0.4) is 0 Å². The average molecular weight is 511 g/mol. The highest BCUT2D eigenvalue weighted by atomic mass is 16.2. The normalized spacial score (nSPS) is 20.3. The van der Waals surface area contributed by atoms with Crippen molar-refractivity contribution < 1.29 is 9.59 Å². The monoisotopic (exact) mass is 510 g/mol. The molecule has 6 nitrogen and oxygen atoms in total. The highest BCUT2D eigenvalue weighted by Gasteiger charge is 2.34. The third-order valence-electron chi connectivity index (χ3n) is 8.57. The fourth-order valence-corrected chi connectivity index (χ4v) is 5.87. The molecular weight excluding hydrogens is 472 g/mol. The number of pyridine rings is 1. The number of hydrogen-bond acceptors (Lipinski definition) is 4. The summed E-state index contributed by atoms with van der Waals surface area (Å²) in [5.74, 6) is 0.460. The van der Waals surface area contributed by atoms with Crippen LogP contribution in [0.5, 0.6) is 0 Å². The molecule has 3 aromatic rings. The lowest BCUT2D eigenvalue weighted by Crippen LogP contribution is -2.43. The van der Waals surface area contributed by atoms with Crippen molar-refractivity contribution in [2.24, 2.45) is 11.7 Å². The van der Waals surface area contributed by atoms with Crippen LogP contribution in [0.15, 0.2) is 66.9 Å². The van der Waals surface area contributed by atoms with Crippen molar-refractivity contribution in [3.05, 3.63) is 72.4 Å². The zero-order valence-corrected chi connectivity index (χ0v) is 22.5. The van der Waals surface area contributed by atoms with E-state index < -0.39 is 0 Å². The number of rotatable bonds is 7. The standard InChI is InChI=1S/C32H38N4O2/c1-22(37)36(2)28-15-9-23(10-16-28)19-30(38)35-27-20-29(24-7-4-3-5-8-24)31(34-21-27)25-11-13-26(14-12-25)32(33)17-6-18-32/h3-5,7-8,11-14,20-21,23,28H,6,9-10,15-19,33H2,1-2H3,(H,35,38)/t23-,28-. The second kappa shape index (κ2) is 11.1. The summed E-state index contributed by atoms with van der Waals surface area (Å²) >= 11 is 0. The van der Waals surface area contributed by atoms with Crippen LogP contribution in [0.2, 0.25) is 0 Å². The number of aromatic nitrogens is 1. The molecule has 2 saturated carbocycles. The number of carbonyl (C=O) groups excluding carboxylic acids is 2. The van der Waals surface area contributed by atoms with E-state index in [0.29, 0.717) is 18.0 Å². The van der Waals surface area contributed by atoms with Gasteiger partial charge in [0.2, 0.25) is 11.8 Å². The predicted octanol–water partition coefficient (Wildman–Crippen LogP) is 6.12. The van der Waals surface area contributed by atoms with Gasteiger partial charge < -0.3 is 16.0 Å². The number of anilines is 1. The topological polar surface area (TPSA) is 88.3 Å². The average Bonchev–Trinajstić information content (AvgIpc) is 2.92. The van der Waals surface area contributed by atoms with Gasteiger partial charge in [0.25, 0.3) is 0 Å². The maximum Gasteiger partial charge on any atom is 0.224 e. The van der Waals surface area contributed by atoms with E-state index >= 15 is 0 Å². The van der Waals surface area contributed by atoms with Crippen molar-refractivity contribution >= 4 is 17.5 Å². The van der Waals surface area contributed by atoms with E-state index in [1.807, 2.05) is 36.2 Å². The van der Waals surface area contributed by atoms with Crippen molar-refractivity contribution in [1.29, 1.82) is 0 Å². The van der Waals surface area contributed by atoms with Gasteiger partial charge in [-0.05, 0) is 68.1 Å². The lowest BCUT2D eigenvalue weighted by Gasteiger charge is -2.38. The fraction of sp³-hybridized carbons (Fsp3) is 0.406. The molecule has 0 atom stereocenters. The van der Waals surface area contributed by atoms with E-state index in [4.69, 9.17) is 10.7 Å².